The highest BCUT2D eigenvalue weighted by atomic mass is 32.2. The normalized spacial score (nSPS) is 10.3. The van der Waals surface area contributed by atoms with Gasteiger partial charge in [-0.05, 0) is 74.6 Å². The molecule has 0 bridgehead atoms. The van der Waals surface area contributed by atoms with Crippen molar-refractivity contribution in [2.75, 3.05) is 11.5 Å². The minimum Gasteiger partial charge on any atom is -0.295 e. The van der Waals surface area contributed by atoms with Gasteiger partial charge in [0.15, 0.2) is 11.6 Å². The van der Waals surface area contributed by atoms with Gasteiger partial charge in [0.1, 0.15) is 0 Å². The molecule has 0 aliphatic carbocycles. The lowest BCUT2D eigenvalue weighted by molar-refractivity contribution is -0.120. The van der Waals surface area contributed by atoms with Gasteiger partial charge in [-0.2, -0.15) is 0 Å². The zero-order chi connectivity index (χ0) is 18.5. The second-order valence-electron chi connectivity index (χ2n) is 5.76. The Bertz CT molecular complexity index is 439. The molecule has 0 saturated heterocycles. The summed E-state index contributed by atoms with van der Waals surface area (Å²) in [7, 11) is 0. The van der Waals surface area contributed by atoms with E-state index in [9.17, 15) is 14.4 Å². The third kappa shape index (κ3) is 11.5. The molecule has 0 aliphatic rings. The van der Waals surface area contributed by atoms with Crippen molar-refractivity contribution in [2.45, 2.75) is 59.3 Å². The molecule has 0 atom stereocenters. The number of carbonyl (C=O) groups is 3. The van der Waals surface area contributed by atoms with Gasteiger partial charge < -0.3 is 0 Å². The maximum absolute atomic E-state index is 11.6. The first-order chi connectivity index (χ1) is 11.3. The molecule has 0 spiro atoms. The average molecular weight is 372 g/mol. The van der Waals surface area contributed by atoms with E-state index in [1.54, 1.807) is 24.5 Å². The van der Waals surface area contributed by atoms with Crippen molar-refractivity contribution in [1.82, 2.24) is 3.71 Å². The highest BCUT2D eigenvalue weighted by molar-refractivity contribution is 8.12. The Kier molecular flexibility index (Phi) is 12.7. The molecule has 136 valence electrons. The third-order valence-electron chi connectivity index (χ3n) is 3.22. The Labute approximate surface area is 154 Å². The monoisotopic (exact) mass is 371 g/mol. The molecule has 0 rings (SSSR count). The van der Waals surface area contributed by atoms with Crippen LogP contribution in [0.4, 0.5) is 0 Å². The molecule has 0 aromatic carbocycles. The summed E-state index contributed by atoms with van der Waals surface area (Å²) in [6, 6.07) is 0. The lowest BCUT2D eigenvalue weighted by atomic mass is 10.1. The molecule has 0 fully saturated rings. The SMILES string of the molecule is C=C(C)C(=O)CCCCSN(SCCCCC(=O)C(=C)C)C(C)=O. The Morgan fingerprint density at radius 3 is 1.42 bits per heavy atom. The van der Waals surface area contributed by atoms with Crippen molar-refractivity contribution < 1.29 is 14.4 Å². The van der Waals surface area contributed by atoms with E-state index in [0.29, 0.717) is 24.0 Å². The van der Waals surface area contributed by atoms with Crippen molar-refractivity contribution in [3.05, 3.63) is 24.3 Å². The van der Waals surface area contributed by atoms with Crippen molar-refractivity contribution >= 4 is 41.4 Å². The molecule has 0 aromatic heterocycles. The number of Topliss-reactive ketones (excluding diaryl/α,β-unsaturated/α-hetero) is 2. The third-order valence-corrected chi connectivity index (χ3v) is 5.78. The van der Waals surface area contributed by atoms with Crippen molar-refractivity contribution in [3.8, 4) is 0 Å². The fourth-order valence-corrected chi connectivity index (χ4v) is 3.82. The van der Waals surface area contributed by atoms with E-state index in [-0.39, 0.29) is 17.5 Å². The summed E-state index contributed by atoms with van der Waals surface area (Å²) in [5.74, 6) is 1.86. The summed E-state index contributed by atoms with van der Waals surface area (Å²) < 4.78 is 1.70. The lowest BCUT2D eigenvalue weighted by Gasteiger charge is -2.17. The molecule has 24 heavy (non-hydrogen) atoms. The van der Waals surface area contributed by atoms with E-state index < -0.39 is 0 Å². The van der Waals surface area contributed by atoms with Crippen LogP contribution in [-0.4, -0.2) is 32.7 Å². The maximum Gasteiger partial charge on any atom is 0.239 e. The number of hydrogen-bond acceptors (Lipinski definition) is 5. The second-order valence-corrected chi connectivity index (χ2v) is 8.06. The summed E-state index contributed by atoms with van der Waals surface area (Å²) in [5.41, 5.74) is 1.21. The van der Waals surface area contributed by atoms with Crippen LogP contribution in [-0.2, 0) is 14.4 Å². The molecule has 0 unspecified atom stereocenters. The van der Waals surface area contributed by atoms with E-state index in [2.05, 4.69) is 13.2 Å². The maximum atomic E-state index is 11.6. The summed E-state index contributed by atoms with van der Waals surface area (Å²) in [4.78, 5) is 34.5. The van der Waals surface area contributed by atoms with E-state index in [1.807, 2.05) is 0 Å². The van der Waals surface area contributed by atoms with Crippen LogP contribution >= 0.6 is 23.9 Å². The number of rotatable bonds is 14. The van der Waals surface area contributed by atoms with Crippen LogP contribution in [0.2, 0.25) is 0 Å². The van der Waals surface area contributed by atoms with Gasteiger partial charge in [-0.1, -0.05) is 13.2 Å². The molecule has 0 aliphatic heterocycles. The first-order valence-electron chi connectivity index (χ1n) is 8.19. The van der Waals surface area contributed by atoms with Gasteiger partial charge in [-0.25, -0.2) is 3.71 Å². The number of nitrogens with zero attached hydrogens (tertiary/aromatic N) is 1. The minimum atomic E-state index is 0.0148. The molecule has 0 N–H and O–H groups in total. The predicted octanol–water partition coefficient (Wildman–Crippen LogP) is 4.76. The van der Waals surface area contributed by atoms with E-state index >= 15 is 0 Å². The molecular formula is C18H29NO3S2. The fourth-order valence-electron chi connectivity index (χ4n) is 1.72. The average Bonchev–Trinajstić information content (AvgIpc) is 2.51. The van der Waals surface area contributed by atoms with Crippen LogP contribution in [0, 0.1) is 0 Å². The van der Waals surface area contributed by atoms with E-state index in [0.717, 1.165) is 37.2 Å². The largest absolute Gasteiger partial charge is 0.295 e. The van der Waals surface area contributed by atoms with Gasteiger partial charge in [0.25, 0.3) is 0 Å². The minimum absolute atomic E-state index is 0.0148. The Balaban J connectivity index is 3.84. The van der Waals surface area contributed by atoms with Gasteiger partial charge in [0.05, 0.1) is 0 Å². The summed E-state index contributed by atoms with van der Waals surface area (Å²) in [6.45, 7) is 12.3. The highest BCUT2D eigenvalue weighted by Crippen LogP contribution is 2.24. The van der Waals surface area contributed by atoms with Crippen LogP contribution in [0.25, 0.3) is 0 Å². The number of hydrogen-bond donors (Lipinski definition) is 0. The topological polar surface area (TPSA) is 54.5 Å². The smallest absolute Gasteiger partial charge is 0.239 e. The van der Waals surface area contributed by atoms with E-state index in [4.69, 9.17) is 0 Å². The van der Waals surface area contributed by atoms with Crippen LogP contribution < -0.4 is 0 Å². The zero-order valence-electron chi connectivity index (χ0n) is 15.1. The number of carbonyl (C=O) groups excluding carboxylic acids is 3. The van der Waals surface area contributed by atoms with Gasteiger partial charge >= 0.3 is 0 Å². The summed E-state index contributed by atoms with van der Waals surface area (Å²) in [6.07, 6.45) is 4.47. The predicted molar refractivity (Wildman–Crippen MR) is 105 cm³/mol. The summed E-state index contributed by atoms with van der Waals surface area (Å²) >= 11 is 2.98. The molecular weight excluding hydrogens is 342 g/mol. The van der Waals surface area contributed by atoms with Gasteiger partial charge in [0, 0.05) is 31.3 Å². The van der Waals surface area contributed by atoms with Crippen LogP contribution in [0.3, 0.4) is 0 Å². The molecule has 0 heterocycles. The van der Waals surface area contributed by atoms with Crippen LogP contribution in [0.1, 0.15) is 59.3 Å². The van der Waals surface area contributed by atoms with Crippen molar-refractivity contribution in [3.63, 3.8) is 0 Å². The molecule has 0 radical (unpaired) electrons. The first kappa shape index (κ1) is 23.0. The first-order valence-corrected chi connectivity index (χ1v) is 10.1. The molecule has 1 amide bonds. The second kappa shape index (κ2) is 13.3. The quantitative estimate of drug-likeness (QED) is 0.250. The van der Waals surface area contributed by atoms with Crippen molar-refractivity contribution in [1.29, 1.82) is 0 Å². The highest BCUT2D eigenvalue weighted by Gasteiger charge is 2.11. The number of unbranched alkanes of at least 4 members (excludes halogenated alkanes) is 2. The Hall–Kier alpha value is -1.01. The molecule has 6 heteroatoms. The number of ketones is 2. The number of allylic oxidation sites excluding steroid dienone is 2. The Morgan fingerprint density at radius 1 is 0.750 bits per heavy atom. The molecule has 0 saturated carbocycles. The standard InChI is InChI=1S/C18H29NO3S2/c1-14(2)17(21)10-6-8-12-23-19(16(5)20)24-13-9-7-11-18(22)15(3)4/h1,3,6-13H2,2,4-5H3. The van der Waals surface area contributed by atoms with Crippen molar-refractivity contribution in [2.24, 2.45) is 0 Å². The van der Waals surface area contributed by atoms with E-state index in [1.165, 1.54) is 23.9 Å². The van der Waals surface area contributed by atoms with Crippen LogP contribution in [0.15, 0.2) is 24.3 Å². The lowest BCUT2D eigenvalue weighted by Crippen LogP contribution is -2.14. The van der Waals surface area contributed by atoms with Crippen LogP contribution in [0.5, 0.6) is 0 Å². The summed E-state index contributed by atoms with van der Waals surface area (Å²) in [5, 5.41) is 0. The van der Waals surface area contributed by atoms with Gasteiger partial charge in [-0.3, -0.25) is 14.4 Å². The Morgan fingerprint density at radius 2 is 1.12 bits per heavy atom. The zero-order valence-corrected chi connectivity index (χ0v) is 16.7. The number of amides is 1. The van der Waals surface area contributed by atoms with Gasteiger partial charge in [0.2, 0.25) is 5.91 Å². The molecule has 0 aromatic rings. The fraction of sp³-hybridized carbons (Fsp3) is 0.611. The van der Waals surface area contributed by atoms with Gasteiger partial charge in [-0.15, -0.1) is 0 Å². The molecule has 4 nitrogen and oxygen atoms in total.